The van der Waals surface area contributed by atoms with E-state index in [0.29, 0.717) is 16.8 Å². The lowest BCUT2D eigenvalue weighted by atomic mass is 10.2. The number of pyridine rings is 4. The summed E-state index contributed by atoms with van der Waals surface area (Å²) in [5.74, 6) is -1.51. The fourth-order valence-electron chi connectivity index (χ4n) is 4.06. The van der Waals surface area contributed by atoms with Crippen LogP contribution in [0.2, 0.25) is 0 Å². The zero-order chi connectivity index (χ0) is 29.8. The summed E-state index contributed by atoms with van der Waals surface area (Å²) >= 11 is 0. The Morgan fingerprint density at radius 3 is 2.48 bits per heavy atom. The number of methoxy groups -OCH3 is 2. The maximum atomic E-state index is 15.2. The molecule has 0 radical (unpaired) electrons. The van der Waals surface area contributed by atoms with Gasteiger partial charge in [0.15, 0.2) is 23.1 Å². The number of nitrogens with one attached hydrogen (secondary N) is 1. The van der Waals surface area contributed by atoms with E-state index in [9.17, 15) is 14.0 Å². The summed E-state index contributed by atoms with van der Waals surface area (Å²) < 4.78 is 51.4. The molecule has 11 nitrogen and oxygen atoms in total. The van der Waals surface area contributed by atoms with Gasteiger partial charge in [-0.25, -0.2) is 18.7 Å². The van der Waals surface area contributed by atoms with Crippen molar-refractivity contribution in [3.8, 4) is 34.7 Å². The van der Waals surface area contributed by atoms with E-state index in [2.05, 4.69) is 20.3 Å². The number of anilines is 1. The zero-order valence-electron chi connectivity index (χ0n) is 22.6. The minimum Gasteiger partial charge on any atom is -0.493 e. The summed E-state index contributed by atoms with van der Waals surface area (Å²) in [4.78, 5) is 39.0. The first-order valence-electron chi connectivity index (χ1n) is 12.5. The van der Waals surface area contributed by atoms with Crippen LogP contribution in [-0.2, 0) is 0 Å². The molecule has 0 atom stereocenters. The third kappa shape index (κ3) is 5.52. The van der Waals surface area contributed by atoms with Crippen molar-refractivity contribution in [1.29, 1.82) is 0 Å². The molecule has 4 aromatic heterocycles. The summed E-state index contributed by atoms with van der Waals surface area (Å²) in [7, 11) is 2.90. The Kier molecular flexibility index (Phi) is 7.91. The first-order chi connectivity index (χ1) is 20.3. The summed E-state index contributed by atoms with van der Waals surface area (Å²) in [6.07, 6.45) is 3.78. The van der Waals surface area contributed by atoms with Gasteiger partial charge in [-0.3, -0.25) is 19.1 Å². The average molecular weight is 576 g/mol. The van der Waals surface area contributed by atoms with Gasteiger partial charge in [-0.2, -0.15) is 0 Å². The van der Waals surface area contributed by atoms with Gasteiger partial charge in [0.25, 0.3) is 17.3 Å². The van der Waals surface area contributed by atoms with Gasteiger partial charge in [-0.05, 0) is 37.3 Å². The minimum atomic E-state index is -0.849. The van der Waals surface area contributed by atoms with Crippen molar-refractivity contribution in [2.45, 2.75) is 6.92 Å². The molecule has 5 aromatic rings. The Hall–Kier alpha value is -5.59. The SMILES string of the molecule is CCOc1ccn(-c2ccc(F)cn2)c(=O)c1C(=O)Nc1ccc(Oc2ccnc3cc(OC)c(OC)nc23)c(F)c1. The quantitative estimate of drug-likeness (QED) is 0.261. The number of amides is 1. The Labute approximate surface area is 237 Å². The van der Waals surface area contributed by atoms with Crippen LogP contribution in [0.1, 0.15) is 17.3 Å². The van der Waals surface area contributed by atoms with Crippen LogP contribution in [0.25, 0.3) is 16.9 Å². The van der Waals surface area contributed by atoms with Crippen molar-refractivity contribution in [2.75, 3.05) is 26.1 Å². The molecule has 0 saturated carbocycles. The lowest BCUT2D eigenvalue weighted by molar-refractivity contribution is 0.102. The number of hydrogen-bond acceptors (Lipinski definition) is 9. The monoisotopic (exact) mass is 575 g/mol. The van der Waals surface area contributed by atoms with Crippen LogP contribution in [0.5, 0.6) is 28.9 Å². The number of aromatic nitrogens is 4. The zero-order valence-corrected chi connectivity index (χ0v) is 22.6. The number of halogens is 2. The molecule has 1 aromatic carbocycles. The van der Waals surface area contributed by atoms with Gasteiger partial charge in [-0.15, -0.1) is 0 Å². The lowest BCUT2D eigenvalue weighted by Crippen LogP contribution is -2.29. The molecule has 13 heteroatoms. The predicted molar refractivity (Wildman–Crippen MR) is 148 cm³/mol. The van der Waals surface area contributed by atoms with Crippen LogP contribution >= 0.6 is 0 Å². The highest BCUT2D eigenvalue weighted by Gasteiger charge is 2.21. The number of fused-ring (bicyclic) bond motifs is 1. The second kappa shape index (κ2) is 11.9. The van der Waals surface area contributed by atoms with Crippen molar-refractivity contribution >= 4 is 22.6 Å². The molecular formula is C29H23F2N5O6. The highest BCUT2D eigenvalue weighted by molar-refractivity contribution is 6.06. The first kappa shape index (κ1) is 28.0. The largest absolute Gasteiger partial charge is 0.493 e. The standard InChI is InChI=1S/C29H23F2N5O6/c1-4-41-21-10-12-36(24-8-5-16(30)15-33-24)29(38)25(21)27(37)34-17-6-7-20(18(31)13-17)42-22-9-11-32-19-14-23(39-2)28(40-3)35-26(19)22/h5-15H,4H2,1-3H3,(H,34,37). The summed E-state index contributed by atoms with van der Waals surface area (Å²) in [6.45, 7) is 1.87. The van der Waals surface area contributed by atoms with E-state index in [4.69, 9.17) is 18.9 Å². The van der Waals surface area contributed by atoms with Gasteiger partial charge in [0.05, 0.1) is 32.5 Å². The van der Waals surface area contributed by atoms with Crippen LogP contribution in [0.3, 0.4) is 0 Å². The summed E-state index contributed by atoms with van der Waals surface area (Å²) in [5.41, 5.74) is -0.312. The normalized spacial score (nSPS) is 10.8. The predicted octanol–water partition coefficient (Wildman–Crippen LogP) is 4.91. The van der Waals surface area contributed by atoms with Crippen LogP contribution < -0.4 is 29.8 Å². The Morgan fingerprint density at radius 2 is 1.79 bits per heavy atom. The highest BCUT2D eigenvalue weighted by Crippen LogP contribution is 2.35. The minimum absolute atomic E-state index is 0.0166. The van der Waals surface area contributed by atoms with Gasteiger partial charge in [0.2, 0.25) is 0 Å². The molecule has 0 spiro atoms. The fraction of sp³-hybridized carbons (Fsp3) is 0.138. The molecule has 0 aliphatic carbocycles. The molecular weight excluding hydrogens is 552 g/mol. The number of carbonyl (C=O) groups excluding carboxylic acids is 1. The number of carbonyl (C=O) groups is 1. The van der Waals surface area contributed by atoms with E-state index >= 15 is 4.39 Å². The number of benzene rings is 1. The van der Waals surface area contributed by atoms with E-state index in [1.807, 2.05) is 0 Å². The molecule has 0 fully saturated rings. The summed E-state index contributed by atoms with van der Waals surface area (Å²) in [6, 6.07) is 10.7. The van der Waals surface area contributed by atoms with Crippen LogP contribution in [0.4, 0.5) is 14.5 Å². The maximum Gasteiger partial charge on any atom is 0.272 e. The van der Waals surface area contributed by atoms with E-state index in [0.717, 1.165) is 22.9 Å². The van der Waals surface area contributed by atoms with Crippen molar-refractivity contribution in [1.82, 2.24) is 19.5 Å². The molecule has 214 valence electrons. The van der Waals surface area contributed by atoms with Gasteiger partial charge >= 0.3 is 0 Å². The van der Waals surface area contributed by atoms with Crippen molar-refractivity contribution in [2.24, 2.45) is 0 Å². The number of rotatable bonds is 9. The van der Waals surface area contributed by atoms with E-state index in [1.165, 1.54) is 56.9 Å². The third-order valence-electron chi connectivity index (χ3n) is 5.97. The Balaban J connectivity index is 1.43. The fourth-order valence-corrected chi connectivity index (χ4v) is 4.06. The molecule has 1 amide bonds. The third-order valence-corrected chi connectivity index (χ3v) is 5.97. The molecule has 0 bridgehead atoms. The van der Waals surface area contributed by atoms with Gasteiger partial charge in [-0.1, -0.05) is 0 Å². The molecule has 42 heavy (non-hydrogen) atoms. The van der Waals surface area contributed by atoms with Crippen molar-refractivity contribution in [3.05, 3.63) is 94.7 Å². The maximum absolute atomic E-state index is 15.2. The molecule has 0 saturated heterocycles. The molecule has 1 N–H and O–H groups in total. The topological polar surface area (TPSA) is 127 Å². The van der Waals surface area contributed by atoms with Gasteiger partial charge < -0.3 is 24.3 Å². The lowest BCUT2D eigenvalue weighted by Gasteiger charge is -2.14. The second-order valence-corrected chi connectivity index (χ2v) is 8.58. The van der Waals surface area contributed by atoms with Crippen LogP contribution in [0, 0.1) is 11.6 Å². The number of hydrogen-bond donors (Lipinski definition) is 1. The number of nitrogens with zero attached hydrogens (tertiary/aromatic N) is 4. The van der Waals surface area contributed by atoms with Crippen LogP contribution in [0.15, 0.2) is 71.9 Å². The van der Waals surface area contributed by atoms with E-state index in [1.54, 1.807) is 13.0 Å². The van der Waals surface area contributed by atoms with Crippen molar-refractivity contribution < 1.29 is 32.5 Å². The molecule has 5 rings (SSSR count). The Morgan fingerprint density at radius 1 is 0.952 bits per heavy atom. The molecule has 0 unspecified atom stereocenters. The van der Waals surface area contributed by atoms with E-state index in [-0.39, 0.29) is 46.8 Å². The first-order valence-corrected chi connectivity index (χ1v) is 12.5. The smallest absolute Gasteiger partial charge is 0.272 e. The van der Waals surface area contributed by atoms with Gasteiger partial charge in [0, 0.05) is 36.3 Å². The van der Waals surface area contributed by atoms with E-state index < -0.39 is 23.1 Å². The number of ether oxygens (including phenoxy) is 4. The van der Waals surface area contributed by atoms with Gasteiger partial charge in [0.1, 0.15) is 28.5 Å². The summed E-state index contributed by atoms with van der Waals surface area (Å²) in [5, 5.41) is 2.51. The molecule has 0 aliphatic rings. The van der Waals surface area contributed by atoms with Crippen molar-refractivity contribution in [3.63, 3.8) is 0 Å². The Bertz CT molecular complexity index is 1850. The highest BCUT2D eigenvalue weighted by atomic mass is 19.1. The average Bonchev–Trinajstić information content (AvgIpc) is 2.98. The van der Waals surface area contributed by atoms with Crippen LogP contribution in [-0.4, -0.2) is 46.3 Å². The molecule has 0 aliphatic heterocycles. The molecule has 4 heterocycles. The second-order valence-electron chi connectivity index (χ2n) is 8.58.